The van der Waals surface area contributed by atoms with E-state index >= 15 is 0 Å². The first-order valence-corrected chi connectivity index (χ1v) is 7.37. The second-order valence-electron chi connectivity index (χ2n) is 4.81. The molecule has 2 aromatic carbocycles. The Morgan fingerprint density at radius 3 is 2.50 bits per heavy atom. The van der Waals surface area contributed by atoms with Gasteiger partial charge in [0.15, 0.2) is 5.11 Å². The smallest absolute Gasteiger partial charge is 0.307 e. The maximum absolute atomic E-state index is 10.6. The molecular formula is C16H15ClN2O2S. The molecule has 6 heteroatoms. The molecule has 0 atom stereocenters. The van der Waals surface area contributed by atoms with Crippen molar-refractivity contribution in [1.82, 2.24) is 0 Å². The minimum atomic E-state index is -0.852. The number of thiocarbonyl (C=S) groups is 1. The van der Waals surface area contributed by atoms with Crippen LogP contribution in [0.25, 0.3) is 0 Å². The highest BCUT2D eigenvalue weighted by molar-refractivity contribution is 7.80. The van der Waals surface area contributed by atoms with Gasteiger partial charge >= 0.3 is 5.97 Å². The van der Waals surface area contributed by atoms with Gasteiger partial charge in [-0.25, -0.2) is 0 Å². The SMILES string of the molecule is Cc1ccc(Cl)cc1NC(=S)Nc1ccc(CC(=O)O)cc1. The predicted octanol–water partition coefficient (Wildman–Crippen LogP) is 4.08. The van der Waals surface area contributed by atoms with E-state index in [0.717, 1.165) is 22.5 Å². The number of benzene rings is 2. The summed E-state index contributed by atoms with van der Waals surface area (Å²) >= 11 is 11.2. The number of rotatable bonds is 4. The molecule has 0 amide bonds. The van der Waals surface area contributed by atoms with E-state index in [4.69, 9.17) is 28.9 Å². The average molecular weight is 335 g/mol. The molecule has 0 spiro atoms. The van der Waals surface area contributed by atoms with Gasteiger partial charge in [-0.05, 0) is 54.5 Å². The van der Waals surface area contributed by atoms with Crippen LogP contribution in [0, 0.1) is 6.92 Å². The highest BCUT2D eigenvalue weighted by Gasteiger charge is 2.04. The molecule has 0 heterocycles. The third-order valence-corrected chi connectivity index (χ3v) is 3.45. The summed E-state index contributed by atoms with van der Waals surface area (Å²) in [4.78, 5) is 10.6. The molecule has 4 nitrogen and oxygen atoms in total. The lowest BCUT2D eigenvalue weighted by Gasteiger charge is -2.13. The average Bonchev–Trinajstić information content (AvgIpc) is 2.44. The first-order chi connectivity index (χ1) is 10.4. The highest BCUT2D eigenvalue weighted by Crippen LogP contribution is 2.20. The largest absolute Gasteiger partial charge is 0.481 e. The Morgan fingerprint density at radius 2 is 1.86 bits per heavy atom. The van der Waals surface area contributed by atoms with Gasteiger partial charge in [-0.15, -0.1) is 0 Å². The second kappa shape index (κ2) is 7.24. The predicted molar refractivity (Wildman–Crippen MR) is 93.8 cm³/mol. The Morgan fingerprint density at radius 1 is 1.18 bits per heavy atom. The van der Waals surface area contributed by atoms with Crippen molar-refractivity contribution < 1.29 is 9.90 Å². The van der Waals surface area contributed by atoms with Crippen LogP contribution in [0.15, 0.2) is 42.5 Å². The molecule has 0 aliphatic heterocycles. The van der Waals surface area contributed by atoms with E-state index in [1.54, 1.807) is 30.3 Å². The van der Waals surface area contributed by atoms with Crippen molar-refractivity contribution in [2.75, 3.05) is 10.6 Å². The van der Waals surface area contributed by atoms with Crippen LogP contribution < -0.4 is 10.6 Å². The van der Waals surface area contributed by atoms with Crippen molar-refractivity contribution in [2.24, 2.45) is 0 Å². The molecule has 0 aliphatic carbocycles. The first-order valence-electron chi connectivity index (χ1n) is 6.59. The zero-order valence-electron chi connectivity index (χ0n) is 11.9. The monoisotopic (exact) mass is 334 g/mol. The number of aliphatic carboxylic acids is 1. The quantitative estimate of drug-likeness (QED) is 0.735. The molecular weight excluding hydrogens is 320 g/mol. The molecule has 0 aliphatic rings. The van der Waals surface area contributed by atoms with Gasteiger partial charge in [-0.2, -0.15) is 0 Å². The summed E-state index contributed by atoms with van der Waals surface area (Å²) in [6, 6.07) is 12.6. The van der Waals surface area contributed by atoms with E-state index in [1.807, 2.05) is 19.1 Å². The van der Waals surface area contributed by atoms with Crippen LogP contribution in [0.1, 0.15) is 11.1 Å². The summed E-state index contributed by atoms with van der Waals surface area (Å²) in [5, 5.41) is 15.9. The number of hydrogen-bond acceptors (Lipinski definition) is 2. The topological polar surface area (TPSA) is 61.4 Å². The first kappa shape index (κ1) is 16.3. The van der Waals surface area contributed by atoms with E-state index in [9.17, 15) is 4.79 Å². The van der Waals surface area contributed by atoms with E-state index in [2.05, 4.69) is 10.6 Å². The van der Waals surface area contributed by atoms with Gasteiger partial charge in [0.2, 0.25) is 0 Å². The zero-order valence-corrected chi connectivity index (χ0v) is 13.5. The number of carbonyl (C=O) groups is 1. The minimum Gasteiger partial charge on any atom is -0.481 e. The molecule has 3 N–H and O–H groups in total. The van der Waals surface area contributed by atoms with Crippen LogP contribution in [0.3, 0.4) is 0 Å². The fourth-order valence-corrected chi connectivity index (χ4v) is 2.29. The van der Waals surface area contributed by atoms with E-state index in [-0.39, 0.29) is 6.42 Å². The van der Waals surface area contributed by atoms with Crippen molar-refractivity contribution >= 4 is 46.3 Å². The molecule has 0 saturated heterocycles. The van der Waals surface area contributed by atoms with Crippen LogP contribution in [0.2, 0.25) is 5.02 Å². The summed E-state index contributed by atoms with van der Waals surface area (Å²) < 4.78 is 0. The van der Waals surface area contributed by atoms with Gasteiger partial charge in [0.05, 0.1) is 6.42 Å². The van der Waals surface area contributed by atoms with E-state index < -0.39 is 5.97 Å². The van der Waals surface area contributed by atoms with Gasteiger partial charge in [0.25, 0.3) is 0 Å². The summed E-state index contributed by atoms with van der Waals surface area (Å²) in [6.07, 6.45) is 0.00465. The Bertz CT molecular complexity index is 702. The number of halogens is 1. The van der Waals surface area contributed by atoms with Gasteiger partial charge in [-0.3, -0.25) is 4.79 Å². The highest BCUT2D eigenvalue weighted by atomic mass is 35.5. The molecule has 0 radical (unpaired) electrons. The molecule has 0 fully saturated rings. The normalized spacial score (nSPS) is 10.1. The second-order valence-corrected chi connectivity index (χ2v) is 5.65. The van der Waals surface area contributed by atoms with Gasteiger partial charge < -0.3 is 15.7 Å². The summed E-state index contributed by atoms with van der Waals surface area (Å²) in [7, 11) is 0. The number of carboxylic acids is 1. The number of anilines is 2. The number of nitrogens with one attached hydrogen (secondary N) is 2. The molecule has 2 aromatic rings. The molecule has 2 rings (SSSR count). The molecule has 22 heavy (non-hydrogen) atoms. The lowest BCUT2D eigenvalue weighted by Crippen LogP contribution is -2.19. The van der Waals surface area contributed by atoms with Crippen molar-refractivity contribution in [1.29, 1.82) is 0 Å². The lowest BCUT2D eigenvalue weighted by atomic mass is 10.1. The Labute approximate surface area is 139 Å². The molecule has 0 aromatic heterocycles. The Balaban J connectivity index is 1.99. The third kappa shape index (κ3) is 4.72. The van der Waals surface area contributed by atoms with Crippen molar-refractivity contribution in [3.8, 4) is 0 Å². The number of aryl methyl sites for hydroxylation is 1. The van der Waals surface area contributed by atoms with Gasteiger partial charge in [-0.1, -0.05) is 29.8 Å². The summed E-state index contributed by atoms with van der Waals surface area (Å²) in [5.41, 5.74) is 3.40. The molecule has 0 saturated carbocycles. The number of carboxylic acid groups (broad SMARTS) is 1. The van der Waals surface area contributed by atoms with Crippen molar-refractivity contribution in [2.45, 2.75) is 13.3 Å². The maximum atomic E-state index is 10.6. The van der Waals surface area contributed by atoms with Gasteiger partial charge in [0.1, 0.15) is 0 Å². The van der Waals surface area contributed by atoms with E-state index in [0.29, 0.717) is 10.1 Å². The summed E-state index contributed by atoms with van der Waals surface area (Å²) in [5.74, 6) is -0.852. The van der Waals surface area contributed by atoms with Crippen molar-refractivity contribution in [3.63, 3.8) is 0 Å². The van der Waals surface area contributed by atoms with Crippen LogP contribution in [0.5, 0.6) is 0 Å². The Kier molecular flexibility index (Phi) is 5.35. The van der Waals surface area contributed by atoms with Crippen molar-refractivity contribution in [3.05, 3.63) is 58.6 Å². The van der Waals surface area contributed by atoms with E-state index in [1.165, 1.54) is 0 Å². The zero-order chi connectivity index (χ0) is 16.1. The van der Waals surface area contributed by atoms with Gasteiger partial charge in [0, 0.05) is 16.4 Å². The standard InChI is InChI=1S/C16H15ClN2O2S/c1-10-2-5-12(17)9-14(10)19-16(22)18-13-6-3-11(4-7-13)8-15(20)21/h2-7,9H,8H2,1H3,(H,20,21)(H2,18,19,22). The maximum Gasteiger partial charge on any atom is 0.307 e. The molecule has 0 bridgehead atoms. The molecule has 0 unspecified atom stereocenters. The Hall–Kier alpha value is -2.11. The third-order valence-electron chi connectivity index (χ3n) is 3.01. The van der Waals surface area contributed by atoms with Crippen LogP contribution in [-0.2, 0) is 11.2 Å². The van der Waals surface area contributed by atoms with Crippen LogP contribution in [0.4, 0.5) is 11.4 Å². The summed E-state index contributed by atoms with van der Waals surface area (Å²) in [6.45, 7) is 1.96. The lowest BCUT2D eigenvalue weighted by molar-refractivity contribution is -0.136. The molecule has 114 valence electrons. The number of hydrogen-bond donors (Lipinski definition) is 3. The van der Waals surface area contributed by atoms with Crippen LogP contribution >= 0.6 is 23.8 Å². The fourth-order valence-electron chi connectivity index (χ4n) is 1.89. The van der Waals surface area contributed by atoms with Crippen LogP contribution in [-0.4, -0.2) is 16.2 Å². The minimum absolute atomic E-state index is 0.00465. The fraction of sp³-hybridized carbons (Fsp3) is 0.125.